The minimum Gasteiger partial charge on any atom is -0.356 e. The fourth-order valence-electron chi connectivity index (χ4n) is 3.56. The summed E-state index contributed by atoms with van der Waals surface area (Å²) in [7, 11) is 5.35. The number of likely N-dealkylation sites (N-methyl/N-ethyl adjacent to an activating group) is 1. The summed E-state index contributed by atoms with van der Waals surface area (Å²) in [4.78, 5) is 23.1. The number of guanidine groups is 1. The van der Waals surface area contributed by atoms with E-state index in [0.29, 0.717) is 6.04 Å². The normalized spacial score (nSPS) is 16.5. The maximum absolute atomic E-state index is 12.1. The van der Waals surface area contributed by atoms with Gasteiger partial charge in [0.05, 0.1) is 0 Å². The van der Waals surface area contributed by atoms with E-state index in [9.17, 15) is 4.79 Å². The van der Waals surface area contributed by atoms with Crippen molar-refractivity contribution in [2.45, 2.75) is 26.3 Å². The summed E-state index contributed by atoms with van der Waals surface area (Å²) in [6.45, 7) is 11.9. The highest BCUT2D eigenvalue weighted by Crippen LogP contribution is 2.08. The van der Waals surface area contributed by atoms with E-state index in [1.54, 1.807) is 26.0 Å². The van der Waals surface area contributed by atoms with Gasteiger partial charge in [0.1, 0.15) is 0 Å². The van der Waals surface area contributed by atoms with Crippen molar-refractivity contribution in [1.82, 2.24) is 25.3 Å². The Labute approximate surface area is 199 Å². The number of piperazine rings is 1. The molecule has 30 heavy (non-hydrogen) atoms. The monoisotopic (exact) mass is 530 g/mol. The Bertz CT molecular complexity index is 673. The summed E-state index contributed by atoms with van der Waals surface area (Å²) in [6, 6.07) is 8.31. The Morgan fingerprint density at radius 1 is 1.20 bits per heavy atom. The van der Waals surface area contributed by atoms with Crippen molar-refractivity contribution in [2.24, 2.45) is 4.99 Å². The standard InChI is InChI=1S/C22H38N6O.HI/c1-6-27-12-14-28(15-13-27)18(2)17-25-22(23-3)24-11-10-19-8-7-9-20(16-19)21(29)26(4)5;/h7-9,16,18H,6,10-15,17H2,1-5H3,(H2,23,24,25);1H. The van der Waals surface area contributed by atoms with Crippen LogP contribution in [0.15, 0.2) is 29.3 Å². The Balaban J connectivity index is 0.00000450. The number of hydrogen-bond donors (Lipinski definition) is 2. The van der Waals surface area contributed by atoms with Crippen LogP contribution < -0.4 is 10.6 Å². The molecule has 7 nitrogen and oxygen atoms in total. The Morgan fingerprint density at radius 2 is 1.90 bits per heavy atom. The average Bonchev–Trinajstić information content (AvgIpc) is 2.75. The molecule has 1 fully saturated rings. The summed E-state index contributed by atoms with van der Waals surface area (Å²) >= 11 is 0. The molecule has 1 saturated heterocycles. The predicted molar refractivity (Wildman–Crippen MR) is 136 cm³/mol. The lowest BCUT2D eigenvalue weighted by Crippen LogP contribution is -2.53. The molecule has 2 rings (SSSR count). The van der Waals surface area contributed by atoms with Crippen LogP contribution in [-0.2, 0) is 6.42 Å². The van der Waals surface area contributed by atoms with Gasteiger partial charge in [0.25, 0.3) is 5.91 Å². The molecule has 1 unspecified atom stereocenters. The summed E-state index contributed by atoms with van der Waals surface area (Å²) in [5.41, 5.74) is 1.87. The highest BCUT2D eigenvalue weighted by molar-refractivity contribution is 14.0. The molecule has 1 aromatic rings. The lowest BCUT2D eigenvalue weighted by Gasteiger charge is -2.37. The molecule has 1 aliphatic rings. The molecule has 170 valence electrons. The van der Waals surface area contributed by atoms with Crippen LogP contribution in [0, 0.1) is 0 Å². The van der Waals surface area contributed by atoms with Gasteiger partial charge >= 0.3 is 0 Å². The van der Waals surface area contributed by atoms with Crippen molar-refractivity contribution in [3.63, 3.8) is 0 Å². The molecule has 0 saturated carbocycles. The average molecular weight is 530 g/mol. The largest absolute Gasteiger partial charge is 0.356 e. The second kappa shape index (κ2) is 13.8. The van der Waals surface area contributed by atoms with Gasteiger partial charge in [-0.1, -0.05) is 19.1 Å². The zero-order valence-corrected chi connectivity index (χ0v) is 21.5. The molecule has 1 aliphatic heterocycles. The first-order valence-corrected chi connectivity index (χ1v) is 10.7. The molecule has 0 aromatic heterocycles. The highest BCUT2D eigenvalue weighted by atomic mass is 127. The van der Waals surface area contributed by atoms with E-state index in [4.69, 9.17) is 0 Å². The van der Waals surface area contributed by atoms with Crippen LogP contribution in [-0.4, -0.2) is 99.6 Å². The first-order valence-electron chi connectivity index (χ1n) is 10.7. The number of nitrogens with zero attached hydrogens (tertiary/aromatic N) is 4. The molecule has 2 N–H and O–H groups in total. The fourth-order valence-corrected chi connectivity index (χ4v) is 3.56. The molecule has 1 aromatic carbocycles. The number of nitrogens with one attached hydrogen (secondary N) is 2. The third kappa shape index (κ3) is 8.39. The molecule has 0 aliphatic carbocycles. The van der Waals surface area contributed by atoms with Crippen LogP contribution in [0.2, 0.25) is 0 Å². The number of halogens is 1. The smallest absolute Gasteiger partial charge is 0.253 e. The minimum absolute atomic E-state index is 0. The molecule has 0 radical (unpaired) electrons. The zero-order chi connectivity index (χ0) is 21.2. The Hall–Kier alpha value is -1.39. The van der Waals surface area contributed by atoms with Gasteiger partial charge < -0.3 is 20.4 Å². The fraction of sp³-hybridized carbons (Fsp3) is 0.636. The molecule has 1 heterocycles. The second-order valence-corrected chi connectivity index (χ2v) is 7.85. The van der Waals surface area contributed by atoms with Gasteiger partial charge in [0, 0.05) is 72.0 Å². The van der Waals surface area contributed by atoms with Crippen molar-refractivity contribution >= 4 is 35.8 Å². The Kier molecular flexibility index (Phi) is 12.3. The highest BCUT2D eigenvalue weighted by Gasteiger charge is 2.20. The van der Waals surface area contributed by atoms with Gasteiger partial charge in [0.2, 0.25) is 0 Å². The SMILES string of the molecule is CCN1CCN(C(C)CNC(=NC)NCCc2cccc(C(=O)N(C)C)c2)CC1.I. The number of carbonyl (C=O) groups excluding carboxylic acids is 1. The van der Waals surface area contributed by atoms with E-state index in [2.05, 4.69) is 45.3 Å². The Morgan fingerprint density at radius 3 is 2.50 bits per heavy atom. The van der Waals surface area contributed by atoms with Crippen molar-refractivity contribution in [1.29, 1.82) is 0 Å². The van der Waals surface area contributed by atoms with Gasteiger partial charge in [-0.15, -0.1) is 24.0 Å². The zero-order valence-electron chi connectivity index (χ0n) is 19.1. The van der Waals surface area contributed by atoms with Crippen LogP contribution in [0.25, 0.3) is 0 Å². The number of aliphatic imine (C=N–C) groups is 1. The maximum Gasteiger partial charge on any atom is 0.253 e. The van der Waals surface area contributed by atoms with Gasteiger partial charge in [-0.05, 0) is 37.6 Å². The molecule has 8 heteroatoms. The minimum atomic E-state index is 0. The van der Waals surface area contributed by atoms with Crippen LogP contribution in [0.5, 0.6) is 0 Å². The second-order valence-electron chi connectivity index (χ2n) is 7.85. The van der Waals surface area contributed by atoms with E-state index in [1.807, 2.05) is 18.2 Å². The van der Waals surface area contributed by atoms with Gasteiger partial charge in [-0.2, -0.15) is 0 Å². The lowest BCUT2D eigenvalue weighted by atomic mass is 10.1. The topological polar surface area (TPSA) is 63.2 Å². The number of amides is 1. The van der Waals surface area contributed by atoms with E-state index in [1.165, 1.54) is 0 Å². The molecular weight excluding hydrogens is 491 g/mol. The van der Waals surface area contributed by atoms with Crippen LogP contribution in [0.1, 0.15) is 29.8 Å². The number of hydrogen-bond acceptors (Lipinski definition) is 4. The molecule has 1 atom stereocenters. The van der Waals surface area contributed by atoms with E-state index in [-0.39, 0.29) is 29.9 Å². The van der Waals surface area contributed by atoms with E-state index >= 15 is 0 Å². The summed E-state index contributed by atoms with van der Waals surface area (Å²) in [6.07, 6.45) is 0.837. The quantitative estimate of drug-likeness (QED) is 0.305. The first kappa shape index (κ1) is 26.6. The van der Waals surface area contributed by atoms with Crippen LogP contribution in [0.4, 0.5) is 0 Å². The van der Waals surface area contributed by atoms with Crippen molar-refractivity contribution in [2.75, 3.05) is 67.0 Å². The first-order chi connectivity index (χ1) is 13.9. The third-order valence-electron chi connectivity index (χ3n) is 5.55. The summed E-state index contributed by atoms with van der Waals surface area (Å²) in [5.74, 6) is 0.857. The number of carbonyl (C=O) groups is 1. The predicted octanol–water partition coefficient (Wildman–Crippen LogP) is 1.74. The lowest BCUT2D eigenvalue weighted by molar-refractivity contribution is 0.0827. The van der Waals surface area contributed by atoms with E-state index in [0.717, 1.165) is 69.3 Å². The summed E-state index contributed by atoms with van der Waals surface area (Å²) < 4.78 is 0. The van der Waals surface area contributed by atoms with Crippen molar-refractivity contribution in [3.05, 3.63) is 35.4 Å². The van der Waals surface area contributed by atoms with Gasteiger partial charge in [-0.25, -0.2) is 0 Å². The number of benzene rings is 1. The van der Waals surface area contributed by atoms with Crippen molar-refractivity contribution < 1.29 is 4.79 Å². The van der Waals surface area contributed by atoms with Gasteiger partial charge in [0.15, 0.2) is 5.96 Å². The molecule has 0 bridgehead atoms. The molecular formula is C22H39IN6O. The third-order valence-corrected chi connectivity index (χ3v) is 5.55. The van der Waals surface area contributed by atoms with E-state index < -0.39 is 0 Å². The molecule has 1 amide bonds. The van der Waals surface area contributed by atoms with Crippen LogP contribution >= 0.6 is 24.0 Å². The maximum atomic E-state index is 12.1. The van der Waals surface area contributed by atoms with Crippen molar-refractivity contribution in [3.8, 4) is 0 Å². The van der Waals surface area contributed by atoms with Gasteiger partial charge in [-0.3, -0.25) is 14.7 Å². The summed E-state index contributed by atoms with van der Waals surface area (Å²) in [5, 5.41) is 6.83. The van der Waals surface area contributed by atoms with Crippen LogP contribution in [0.3, 0.4) is 0 Å². The molecule has 0 spiro atoms. The number of rotatable bonds is 8.